The van der Waals surface area contributed by atoms with Gasteiger partial charge in [-0.1, -0.05) is 20.3 Å². The van der Waals surface area contributed by atoms with Gasteiger partial charge in [0, 0.05) is 32.2 Å². The molecular formula is C14H33IN4. The summed E-state index contributed by atoms with van der Waals surface area (Å²) in [6.07, 6.45) is 3.55. The van der Waals surface area contributed by atoms with Gasteiger partial charge in [-0.3, -0.25) is 4.99 Å². The number of nitrogens with one attached hydrogen (secondary N) is 2. The Bertz CT molecular complexity index is 221. The van der Waals surface area contributed by atoms with Gasteiger partial charge in [-0.15, -0.1) is 24.0 Å². The average Bonchev–Trinajstić information content (AvgIpc) is 2.37. The first-order valence-electron chi connectivity index (χ1n) is 7.38. The predicted octanol–water partition coefficient (Wildman–Crippen LogP) is 2.69. The molecule has 0 aliphatic carbocycles. The molecule has 116 valence electrons. The van der Waals surface area contributed by atoms with Crippen molar-refractivity contribution >= 4 is 29.9 Å². The quantitative estimate of drug-likeness (QED) is 0.278. The van der Waals surface area contributed by atoms with Gasteiger partial charge in [-0.2, -0.15) is 0 Å². The van der Waals surface area contributed by atoms with E-state index in [4.69, 9.17) is 0 Å². The lowest BCUT2D eigenvalue weighted by Gasteiger charge is -2.23. The van der Waals surface area contributed by atoms with Crippen LogP contribution in [0, 0.1) is 0 Å². The van der Waals surface area contributed by atoms with Gasteiger partial charge in [-0.25, -0.2) is 0 Å². The number of unbranched alkanes of at least 4 members (excludes halogenated alkanes) is 1. The van der Waals surface area contributed by atoms with Crippen LogP contribution < -0.4 is 10.6 Å². The van der Waals surface area contributed by atoms with Crippen molar-refractivity contribution in [3.05, 3.63) is 0 Å². The van der Waals surface area contributed by atoms with Crippen LogP contribution >= 0.6 is 24.0 Å². The van der Waals surface area contributed by atoms with Gasteiger partial charge in [0.05, 0.1) is 0 Å². The molecule has 5 heteroatoms. The maximum atomic E-state index is 4.54. The van der Waals surface area contributed by atoms with Crippen molar-refractivity contribution in [2.75, 3.05) is 33.2 Å². The van der Waals surface area contributed by atoms with Gasteiger partial charge >= 0.3 is 0 Å². The Labute approximate surface area is 136 Å². The lowest BCUT2D eigenvalue weighted by atomic mass is 10.2. The zero-order chi connectivity index (χ0) is 13.8. The molecule has 0 aromatic carbocycles. The van der Waals surface area contributed by atoms with Crippen LogP contribution in [0.25, 0.3) is 0 Å². The molecule has 0 aliphatic rings. The molecule has 1 atom stereocenters. The van der Waals surface area contributed by atoms with E-state index >= 15 is 0 Å². The number of aliphatic imine (C=N–C) groups is 1. The normalized spacial score (nSPS) is 13.1. The summed E-state index contributed by atoms with van der Waals surface area (Å²) < 4.78 is 0. The van der Waals surface area contributed by atoms with Crippen LogP contribution in [0.3, 0.4) is 0 Å². The van der Waals surface area contributed by atoms with Crippen molar-refractivity contribution in [2.45, 2.75) is 53.0 Å². The van der Waals surface area contributed by atoms with Gasteiger partial charge in [0.25, 0.3) is 0 Å². The van der Waals surface area contributed by atoms with Crippen molar-refractivity contribution in [3.8, 4) is 0 Å². The predicted molar refractivity (Wildman–Crippen MR) is 96.7 cm³/mol. The van der Waals surface area contributed by atoms with E-state index in [1.165, 1.54) is 12.8 Å². The molecule has 0 radical (unpaired) electrons. The molecule has 0 aromatic rings. The van der Waals surface area contributed by atoms with Gasteiger partial charge in [0.15, 0.2) is 5.96 Å². The third-order valence-electron chi connectivity index (χ3n) is 3.23. The Kier molecular flexibility index (Phi) is 16.1. The van der Waals surface area contributed by atoms with Crippen LogP contribution in [-0.2, 0) is 0 Å². The fraction of sp³-hybridized carbons (Fsp3) is 0.929. The standard InChI is InChI=1S/C14H32N4.HI/c1-6-9-10-16-14(15-8-3)17-11-12-18(5)13(4)7-2;/h13H,6-12H2,1-5H3,(H2,15,16,17);1H. The molecule has 0 aromatic heterocycles. The highest BCUT2D eigenvalue weighted by molar-refractivity contribution is 14.0. The molecule has 0 fully saturated rings. The van der Waals surface area contributed by atoms with Crippen molar-refractivity contribution in [1.29, 1.82) is 0 Å². The third-order valence-corrected chi connectivity index (χ3v) is 3.23. The molecule has 0 amide bonds. The summed E-state index contributed by atoms with van der Waals surface area (Å²) in [6.45, 7) is 12.6. The summed E-state index contributed by atoms with van der Waals surface area (Å²) in [6, 6.07) is 0.645. The van der Waals surface area contributed by atoms with Gasteiger partial charge in [0.2, 0.25) is 0 Å². The van der Waals surface area contributed by atoms with E-state index in [9.17, 15) is 0 Å². The first-order chi connectivity index (χ1) is 8.65. The summed E-state index contributed by atoms with van der Waals surface area (Å²) in [7, 11) is 2.18. The van der Waals surface area contributed by atoms with Crippen LogP contribution in [-0.4, -0.2) is 50.1 Å². The van der Waals surface area contributed by atoms with Crippen molar-refractivity contribution in [1.82, 2.24) is 15.5 Å². The maximum Gasteiger partial charge on any atom is 0.191 e. The molecule has 2 N–H and O–H groups in total. The molecule has 0 saturated heterocycles. The fourth-order valence-corrected chi connectivity index (χ4v) is 1.57. The number of halogens is 1. The molecule has 0 spiro atoms. The Morgan fingerprint density at radius 2 is 1.89 bits per heavy atom. The van der Waals surface area contributed by atoms with E-state index in [-0.39, 0.29) is 24.0 Å². The number of rotatable bonds is 9. The Hall–Kier alpha value is -0.0400. The minimum absolute atomic E-state index is 0. The lowest BCUT2D eigenvalue weighted by Crippen LogP contribution is -2.42. The number of guanidine groups is 1. The highest BCUT2D eigenvalue weighted by Crippen LogP contribution is 1.98. The summed E-state index contributed by atoms with van der Waals surface area (Å²) >= 11 is 0. The lowest BCUT2D eigenvalue weighted by molar-refractivity contribution is 0.255. The number of hydrogen-bond donors (Lipinski definition) is 2. The topological polar surface area (TPSA) is 39.7 Å². The van der Waals surface area contributed by atoms with E-state index in [0.717, 1.165) is 38.6 Å². The zero-order valence-electron chi connectivity index (χ0n) is 13.3. The second-order valence-electron chi connectivity index (χ2n) is 4.78. The van der Waals surface area contributed by atoms with E-state index in [0.29, 0.717) is 6.04 Å². The van der Waals surface area contributed by atoms with Gasteiger partial charge < -0.3 is 15.5 Å². The van der Waals surface area contributed by atoms with Gasteiger partial charge in [-0.05, 0) is 33.7 Å². The summed E-state index contributed by atoms with van der Waals surface area (Å²) in [5, 5.41) is 6.67. The second kappa shape index (κ2) is 14.4. The SMILES string of the molecule is CCCCN=C(NCC)NCCN(C)C(C)CC.I. The summed E-state index contributed by atoms with van der Waals surface area (Å²) in [5.41, 5.74) is 0. The smallest absolute Gasteiger partial charge is 0.191 e. The third kappa shape index (κ3) is 11.5. The second-order valence-corrected chi connectivity index (χ2v) is 4.78. The van der Waals surface area contributed by atoms with E-state index in [1.807, 2.05) is 0 Å². The van der Waals surface area contributed by atoms with Crippen LogP contribution in [0.4, 0.5) is 0 Å². The van der Waals surface area contributed by atoms with Crippen LogP contribution in [0.15, 0.2) is 4.99 Å². The Morgan fingerprint density at radius 1 is 1.21 bits per heavy atom. The monoisotopic (exact) mass is 384 g/mol. The zero-order valence-corrected chi connectivity index (χ0v) is 15.7. The minimum atomic E-state index is 0. The average molecular weight is 384 g/mol. The minimum Gasteiger partial charge on any atom is -0.357 e. The number of hydrogen-bond acceptors (Lipinski definition) is 2. The largest absolute Gasteiger partial charge is 0.357 e. The fourth-order valence-electron chi connectivity index (χ4n) is 1.57. The molecule has 0 saturated carbocycles. The Morgan fingerprint density at radius 3 is 2.42 bits per heavy atom. The van der Waals surface area contributed by atoms with Crippen molar-refractivity contribution in [3.63, 3.8) is 0 Å². The first-order valence-corrected chi connectivity index (χ1v) is 7.38. The molecular weight excluding hydrogens is 351 g/mol. The molecule has 0 bridgehead atoms. The molecule has 0 rings (SSSR count). The van der Waals surface area contributed by atoms with E-state index in [2.05, 4.69) is 55.3 Å². The molecule has 19 heavy (non-hydrogen) atoms. The molecule has 0 heterocycles. The van der Waals surface area contributed by atoms with Crippen molar-refractivity contribution < 1.29 is 0 Å². The van der Waals surface area contributed by atoms with Crippen LogP contribution in [0.1, 0.15) is 47.0 Å². The number of nitrogens with zero attached hydrogens (tertiary/aromatic N) is 2. The maximum absolute atomic E-state index is 4.54. The van der Waals surface area contributed by atoms with Crippen molar-refractivity contribution in [2.24, 2.45) is 4.99 Å². The van der Waals surface area contributed by atoms with Crippen LogP contribution in [0.2, 0.25) is 0 Å². The molecule has 1 unspecified atom stereocenters. The highest BCUT2D eigenvalue weighted by atomic mass is 127. The first kappa shape index (κ1) is 21.3. The highest BCUT2D eigenvalue weighted by Gasteiger charge is 2.05. The van der Waals surface area contributed by atoms with Crippen LogP contribution in [0.5, 0.6) is 0 Å². The van der Waals surface area contributed by atoms with E-state index < -0.39 is 0 Å². The molecule has 0 aliphatic heterocycles. The summed E-state index contributed by atoms with van der Waals surface area (Å²) in [5.74, 6) is 0.948. The van der Waals surface area contributed by atoms with Gasteiger partial charge in [0.1, 0.15) is 0 Å². The summed E-state index contributed by atoms with van der Waals surface area (Å²) in [4.78, 5) is 6.92. The molecule has 4 nitrogen and oxygen atoms in total. The number of likely N-dealkylation sites (N-methyl/N-ethyl adjacent to an activating group) is 1. The Balaban J connectivity index is 0. The van der Waals surface area contributed by atoms with E-state index in [1.54, 1.807) is 0 Å².